The Labute approximate surface area is 199 Å². The van der Waals surface area contributed by atoms with Gasteiger partial charge in [-0.2, -0.15) is 9.61 Å². The molecule has 0 radical (unpaired) electrons. The van der Waals surface area contributed by atoms with Crippen molar-refractivity contribution >= 4 is 33.2 Å². The topological polar surface area (TPSA) is 110 Å². The summed E-state index contributed by atoms with van der Waals surface area (Å²) in [6.45, 7) is 11.7. The van der Waals surface area contributed by atoms with Gasteiger partial charge in [0.15, 0.2) is 5.65 Å². The maximum Gasteiger partial charge on any atom is 0.410 e. The third-order valence-electron chi connectivity index (χ3n) is 5.43. The van der Waals surface area contributed by atoms with Gasteiger partial charge in [0.05, 0.1) is 17.6 Å². The highest BCUT2D eigenvalue weighted by Gasteiger charge is 2.27. The minimum Gasteiger partial charge on any atom is -0.444 e. The van der Waals surface area contributed by atoms with Crippen LogP contribution in [0, 0.1) is 13.8 Å². The van der Waals surface area contributed by atoms with Crippen LogP contribution in [0.4, 0.5) is 9.93 Å². The first kappa shape index (κ1) is 22.3. The van der Waals surface area contributed by atoms with E-state index >= 15 is 0 Å². The van der Waals surface area contributed by atoms with Crippen molar-refractivity contribution in [3.63, 3.8) is 0 Å². The molecule has 0 atom stereocenters. The standard InChI is InChI=1S/C22H26N8O3S/c1-13-10-16(25-29-12-14(2)23-18(13)29)15-11-17(31)30-19(24-15)34-20(26-30)27-6-8-28(9-7-27)21(32)33-22(3,4)5/h10-12H,6-9H2,1-5H3. The zero-order valence-corrected chi connectivity index (χ0v) is 20.6. The molecule has 0 saturated carbocycles. The van der Waals surface area contributed by atoms with Crippen LogP contribution in [0.2, 0.25) is 0 Å². The normalized spacial score (nSPS) is 14.9. The molecule has 5 rings (SSSR count). The number of nitrogens with zero attached hydrogens (tertiary/aromatic N) is 8. The van der Waals surface area contributed by atoms with E-state index in [0.29, 0.717) is 47.7 Å². The number of ether oxygens (including phenoxy) is 1. The number of rotatable bonds is 2. The van der Waals surface area contributed by atoms with Crippen LogP contribution in [-0.4, -0.2) is 72.0 Å². The lowest BCUT2D eigenvalue weighted by Crippen LogP contribution is -2.50. The Bertz CT molecular complexity index is 1460. The molecule has 0 aromatic carbocycles. The fourth-order valence-electron chi connectivity index (χ4n) is 3.84. The maximum atomic E-state index is 12.8. The highest BCUT2D eigenvalue weighted by atomic mass is 32.1. The number of anilines is 1. The van der Waals surface area contributed by atoms with Crippen LogP contribution in [0.25, 0.3) is 22.0 Å². The zero-order valence-electron chi connectivity index (χ0n) is 19.8. The van der Waals surface area contributed by atoms with Crippen molar-refractivity contribution in [3.8, 4) is 11.4 Å². The van der Waals surface area contributed by atoms with Crippen molar-refractivity contribution in [2.45, 2.75) is 40.2 Å². The van der Waals surface area contributed by atoms with E-state index in [2.05, 4.69) is 25.1 Å². The van der Waals surface area contributed by atoms with Gasteiger partial charge in [-0.25, -0.2) is 19.3 Å². The number of fused-ring (bicyclic) bond motifs is 2. The van der Waals surface area contributed by atoms with Gasteiger partial charge in [0.25, 0.3) is 5.56 Å². The molecule has 1 saturated heterocycles. The zero-order chi connectivity index (χ0) is 24.2. The molecule has 178 valence electrons. The van der Waals surface area contributed by atoms with E-state index in [-0.39, 0.29) is 11.7 Å². The second-order valence-corrected chi connectivity index (χ2v) is 10.3. The number of aromatic nitrogens is 6. The number of hydrogen-bond donors (Lipinski definition) is 0. The predicted molar refractivity (Wildman–Crippen MR) is 129 cm³/mol. The Hall–Kier alpha value is -3.54. The van der Waals surface area contributed by atoms with E-state index in [1.165, 1.54) is 21.9 Å². The van der Waals surface area contributed by atoms with Gasteiger partial charge in [-0.1, -0.05) is 11.3 Å². The minimum atomic E-state index is -0.527. The van der Waals surface area contributed by atoms with E-state index in [4.69, 9.17) is 4.74 Å². The Balaban J connectivity index is 1.39. The highest BCUT2D eigenvalue weighted by Crippen LogP contribution is 2.25. The van der Waals surface area contributed by atoms with E-state index < -0.39 is 5.60 Å². The lowest BCUT2D eigenvalue weighted by molar-refractivity contribution is 0.0240. The van der Waals surface area contributed by atoms with Crippen LogP contribution >= 0.6 is 11.3 Å². The van der Waals surface area contributed by atoms with Crippen molar-refractivity contribution in [1.29, 1.82) is 0 Å². The summed E-state index contributed by atoms with van der Waals surface area (Å²) in [5.74, 6) is 0. The predicted octanol–water partition coefficient (Wildman–Crippen LogP) is 2.53. The summed E-state index contributed by atoms with van der Waals surface area (Å²) in [6, 6.07) is 3.34. The van der Waals surface area contributed by atoms with Gasteiger partial charge in [0.2, 0.25) is 10.1 Å². The fraction of sp³-hybridized carbons (Fsp3) is 0.455. The molecule has 12 heteroatoms. The summed E-state index contributed by atoms with van der Waals surface area (Å²) < 4.78 is 8.49. The number of amides is 1. The van der Waals surface area contributed by atoms with Crippen LogP contribution < -0.4 is 10.5 Å². The minimum absolute atomic E-state index is 0.267. The van der Waals surface area contributed by atoms with Crippen LogP contribution in [0.3, 0.4) is 0 Å². The van der Waals surface area contributed by atoms with Crippen molar-refractivity contribution in [2.75, 3.05) is 31.1 Å². The molecule has 0 spiro atoms. The van der Waals surface area contributed by atoms with Crippen LogP contribution in [0.5, 0.6) is 0 Å². The Morgan fingerprint density at radius 2 is 1.76 bits per heavy atom. The van der Waals surface area contributed by atoms with Gasteiger partial charge >= 0.3 is 6.09 Å². The van der Waals surface area contributed by atoms with Gasteiger partial charge in [-0.3, -0.25) is 4.79 Å². The van der Waals surface area contributed by atoms with Crippen molar-refractivity contribution in [2.24, 2.45) is 0 Å². The highest BCUT2D eigenvalue weighted by molar-refractivity contribution is 7.20. The third-order valence-corrected chi connectivity index (χ3v) is 6.40. The summed E-state index contributed by atoms with van der Waals surface area (Å²) in [5.41, 5.74) is 2.90. The SMILES string of the molecule is Cc1cn2nc(-c3cc(=O)n4nc(N5CCN(C(=O)OC(C)(C)C)CC5)sc4n3)cc(C)c2n1. The van der Waals surface area contributed by atoms with Crippen LogP contribution in [0.15, 0.2) is 23.1 Å². The van der Waals surface area contributed by atoms with Gasteiger partial charge in [-0.05, 0) is 46.2 Å². The second-order valence-electron chi connectivity index (χ2n) is 9.38. The molecular weight excluding hydrogens is 456 g/mol. The molecule has 1 fully saturated rings. The third kappa shape index (κ3) is 4.20. The molecule has 34 heavy (non-hydrogen) atoms. The molecule has 0 bridgehead atoms. The molecular formula is C22H26N8O3S. The summed E-state index contributed by atoms with van der Waals surface area (Å²) in [7, 11) is 0. The monoisotopic (exact) mass is 482 g/mol. The smallest absolute Gasteiger partial charge is 0.410 e. The lowest BCUT2D eigenvalue weighted by atomic mass is 10.2. The second kappa shape index (κ2) is 8.05. The first-order valence-corrected chi connectivity index (χ1v) is 11.9. The van der Waals surface area contributed by atoms with Crippen molar-refractivity contribution in [1.82, 2.24) is 34.1 Å². The van der Waals surface area contributed by atoms with E-state index in [1.54, 1.807) is 9.42 Å². The molecule has 4 aromatic rings. The van der Waals surface area contributed by atoms with Crippen LogP contribution in [-0.2, 0) is 4.74 Å². The average Bonchev–Trinajstić information content (AvgIpc) is 3.36. The molecule has 0 N–H and O–H groups in total. The number of carbonyl (C=O) groups excluding carboxylic acids is 1. The number of aryl methyl sites for hydroxylation is 2. The number of imidazole rings is 1. The largest absolute Gasteiger partial charge is 0.444 e. The number of hydrogen-bond acceptors (Lipinski definition) is 9. The molecule has 0 unspecified atom stereocenters. The van der Waals surface area contributed by atoms with Gasteiger partial charge in [0, 0.05) is 32.2 Å². The maximum absolute atomic E-state index is 12.8. The number of carbonyl (C=O) groups is 1. The molecule has 5 heterocycles. The van der Waals surface area contributed by atoms with Crippen molar-refractivity contribution in [3.05, 3.63) is 39.9 Å². The first-order valence-electron chi connectivity index (χ1n) is 11.1. The van der Waals surface area contributed by atoms with E-state index in [9.17, 15) is 9.59 Å². The molecule has 11 nitrogen and oxygen atoms in total. The van der Waals surface area contributed by atoms with Gasteiger partial charge in [0.1, 0.15) is 11.3 Å². The van der Waals surface area contributed by atoms with Crippen molar-refractivity contribution < 1.29 is 9.53 Å². The van der Waals surface area contributed by atoms with Crippen LogP contribution in [0.1, 0.15) is 32.0 Å². The van der Waals surface area contributed by atoms with E-state index in [0.717, 1.165) is 16.9 Å². The molecule has 1 amide bonds. The fourth-order valence-corrected chi connectivity index (χ4v) is 4.80. The first-order chi connectivity index (χ1) is 16.1. The molecule has 4 aromatic heterocycles. The lowest BCUT2D eigenvalue weighted by Gasteiger charge is -2.35. The Kier molecular flexibility index (Phi) is 5.27. The summed E-state index contributed by atoms with van der Waals surface area (Å²) >= 11 is 1.34. The quantitative estimate of drug-likeness (QED) is 0.429. The summed E-state index contributed by atoms with van der Waals surface area (Å²) in [5, 5.41) is 9.77. The Morgan fingerprint density at radius 3 is 2.47 bits per heavy atom. The van der Waals surface area contributed by atoms with E-state index in [1.807, 2.05) is 46.9 Å². The summed E-state index contributed by atoms with van der Waals surface area (Å²) in [4.78, 5) is 38.5. The van der Waals surface area contributed by atoms with Gasteiger partial charge in [-0.15, -0.1) is 5.10 Å². The Morgan fingerprint density at radius 1 is 1.03 bits per heavy atom. The van der Waals surface area contributed by atoms with Gasteiger partial charge < -0.3 is 14.5 Å². The summed E-state index contributed by atoms with van der Waals surface area (Å²) in [6.07, 6.45) is 1.53. The number of piperazine rings is 1. The molecule has 0 aliphatic carbocycles. The average molecular weight is 483 g/mol. The molecule has 1 aliphatic rings. The molecule has 1 aliphatic heterocycles.